The number of hydrogen-bond donors (Lipinski definition) is 1. The fourth-order valence-corrected chi connectivity index (χ4v) is 2.42. The van der Waals surface area contributed by atoms with E-state index in [0.29, 0.717) is 18.0 Å². The molecule has 0 atom stereocenters. The van der Waals surface area contributed by atoms with Crippen LogP contribution in [0.15, 0.2) is 18.2 Å². The molecule has 1 fully saturated rings. The first-order valence-electron chi connectivity index (χ1n) is 7.75. The summed E-state index contributed by atoms with van der Waals surface area (Å²) in [5.41, 5.74) is 1.76. The highest BCUT2D eigenvalue weighted by Crippen LogP contribution is 2.25. The predicted octanol–water partition coefficient (Wildman–Crippen LogP) is 3.95. The van der Waals surface area contributed by atoms with Crippen molar-refractivity contribution in [1.29, 1.82) is 0 Å². The molecule has 0 heterocycles. The molecule has 2 rings (SSSR count). The van der Waals surface area contributed by atoms with Crippen molar-refractivity contribution in [3.8, 4) is 0 Å². The van der Waals surface area contributed by atoms with Gasteiger partial charge in [0.05, 0.1) is 5.69 Å². The normalized spacial score (nSPS) is 15.2. The first kappa shape index (κ1) is 15.3. The van der Waals surface area contributed by atoms with Gasteiger partial charge in [0.2, 0.25) is 0 Å². The lowest BCUT2D eigenvalue weighted by atomic mass is 10.1. The molecule has 112 valence electrons. The van der Waals surface area contributed by atoms with Crippen molar-refractivity contribution in [2.45, 2.75) is 59.2 Å². The van der Waals surface area contributed by atoms with E-state index in [9.17, 15) is 4.39 Å². The lowest BCUT2D eigenvalue weighted by molar-refractivity contribution is 0.548. The van der Waals surface area contributed by atoms with Crippen LogP contribution < -0.4 is 10.2 Å². The second-order valence-electron chi connectivity index (χ2n) is 6.58. The Morgan fingerprint density at radius 2 is 1.95 bits per heavy atom. The van der Waals surface area contributed by atoms with Crippen molar-refractivity contribution in [1.82, 2.24) is 5.32 Å². The summed E-state index contributed by atoms with van der Waals surface area (Å²) in [6.07, 6.45) is 2.52. The van der Waals surface area contributed by atoms with Gasteiger partial charge in [0.25, 0.3) is 0 Å². The van der Waals surface area contributed by atoms with Crippen LogP contribution in [0.1, 0.15) is 46.1 Å². The fraction of sp³-hybridized carbons (Fsp3) is 0.647. The zero-order valence-corrected chi connectivity index (χ0v) is 13.1. The average molecular weight is 278 g/mol. The third-order valence-electron chi connectivity index (χ3n) is 3.68. The number of anilines is 1. The van der Waals surface area contributed by atoms with E-state index < -0.39 is 0 Å². The molecule has 0 saturated heterocycles. The van der Waals surface area contributed by atoms with E-state index in [1.807, 2.05) is 12.1 Å². The summed E-state index contributed by atoms with van der Waals surface area (Å²) < 4.78 is 14.4. The molecule has 3 heteroatoms. The van der Waals surface area contributed by atoms with Gasteiger partial charge in [0.1, 0.15) is 5.82 Å². The van der Waals surface area contributed by atoms with E-state index in [-0.39, 0.29) is 5.82 Å². The van der Waals surface area contributed by atoms with E-state index in [0.717, 1.165) is 24.3 Å². The van der Waals surface area contributed by atoms with Crippen LogP contribution >= 0.6 is 0 Å². The minimum atomic E-state index is -0.102. The Morgan fingerprint density at radius 1 is 1.25 bits per heavy atom. The summed E-state index contributed by atoms with van der Waals surface area (Å²) in [6.45, 7) is 10.2. The third kappa shape index (κ3) is 4.20. The zero-order valence-electron chi connectivity index (χ0n) is 13.1. The van der Waals surface area contributed by atoms with Crippen molar-refractivity contribution in [3.05, 3.63) is 29.6 Å². The number of hydrogen-bond acceptors (Lipinski definition) is 2. The maximum Gasteiger partial charge on any atom is 0.146 e. The molecule has 1 aliphatic rings. The van der Waals surface area contributed by atoms with E-state index in [1.165, 1.54) is 12.8 Å². The van der Waals surface area contributed by atoms with Gasteiger partial charge < -0.3 is 10.2 Å². The van der Waals surface area contributed by atoms with Crippen molar-refractivity contribution >= 4 is 5.69 Å². The molecule has 1 aliphatic carbocycles. The molecule has 1 saturated carbocycles. The van der Waals surface area contributed by atoms with Crippen LogP contribution in [0.4, 0.5) is 10.1 Å². The Morgan fingerprint density at radius 3 is 2.45 bits per heavy atom. The SMILES string of the molecule is CC(C)CN(c1ccc(CNC2CC2)cc1F)C(C)C. The van der Waals surface area contributed by atoms with Gasteiger partial charge in [0.15, 0.2) is 0 Å². The van der Waals surface area contributed by atoms with Crippen molar-refractivity contribution in [2.75, 3.05) is 11.4 Å². The van der Waals surface area contributed by atoms with E-state index in [2.05, 4.69) is 37.9 Å². The van der Waals surface area contributed by atoms with Crippen LogP contribution in [0.2, 0.25) is 0 Å². The third-order valence-corrected chi connectivity index (χ3v) is 3.68. The molecule has 0 radical (unpaired) electrons. The number of rotatable bonds is 7. The zero-order chi connectivity index (χ0) is 14.7. The van der Waals surface area contributed by atoms with Crippen LogP contribution in [0.3, 0.4) is 0 Å². The molecule has 1 aromatic carbocycles. The summed E-state index contributed by atoms with van der Waals surface area (Å²) in [5.74, 6) is 0.419. The van der Waals surface area contributed by atoms with Gasteiger partial charge in [0, 0.05) is 25.2 Å². The van der Waals surface area contributed by atoms with Crippen LogP contribution in [0.25, 0.3) is 0 Å². The van der Waals surface area contributed by atoms with Gasteiger partial charge in [-0.2, -0.15) is 0 Å². The van der Waals surface area contributed by atoms with E-state index >= 15 is 0 Å². The average Bonchev–Trinajstić information content (AvgIpc) is 3.17. The van der Waals surface area contributed by atoms with Gasteiger partial charge in [-0.25, -0.2) is 4.39 Å². The number of nitrogens with zero attached hydrogens (tertiary/aromatic N) is 1. The fourth-order valence-electron chi connectivity index (χ4n) is 2.42. The molecule has 2 nitrogen and oxygen atoms in total. The van der Waals surface area contributed by atoms with Gasteiger partial charge in [-0.1, -0.05) is 19.9 Å². The molecule has 0 unspecified atom stereocenters. The first-order valence-corrected chi connectivity index (χ1v) is 7.75. The highest BCUT2D eigenvalue weighted by Gasteiger charge is 2.20. The van der Waals surface area contributed by atoms with Crippen molar-refractivity contribution < 1.29 is 4.39 Å². The molecular formula is C17H27FN2. The monoisotopic (exact) mass is 278 g/mol. The smallest absolute Gasteiger partial charge is 0.146 e. The largest absolute Gasteiger partial charge is 0.366 e. The molecule has 1 N–H and O–H groups in total. The summed E-state index contributed by atoms with van der Waals surface area (Å²) in [7, 11) is 0. The molecule has 0 amide bonds. The van der Waals surface area contributed by atoms with Gasteiger partial charge in [-0.05, 0) is 50.3 Å². The lowest BCUT2D eigenvalue weighted by Gasteiger charge is -2.31. The molecule has 1 aromatic rings. The predicted molar refractivity (Wildman–Crippen MR) is 83.6 cm³/mol. The maximum atomic E-state index is 14.4. The minimum absolute atomic E-state index is 0.102. The van der Waals surface area contributed by atoms with Crippen LogP contribution in [-0.2, 0) is 6.54 Å². The Hall–Kier alpha value is -1.09. The number of nitrogens with one attached hydrogen (secondary N) is 1. The molecule has 20 heavy (non-hydrogen) atoms. The summed E-state index contributed by atoms with van der Waals surface area (Å²) in [6, 6.07) is 6.62. The molecule has 0 spiro atoms. The van der Waals surface area contributed by atoms with Gasteiger partial charge in [-0.15, -0.1) is 0 Å². The maximum absolute atomic E-state index is 14.4. The molecular weight excluding hydrogens is 251 g/mol. The van der Waals surface area contributed by atoms with E-state index in [4.69, 9.17) is 0 Å². The number of benzene rings is 1. The van der Waals surface area contributed by atoms with E-state index in [1.54, 1.807) is 6.07 Å². The van der Waals surface area contributed by atoms with Crippen molar-refractivity contribution in [3.63, 3.8) is 0 Å². The number of halogens is 1. The summed E-state index contributed by atoms with van der Waals surface area (Å²) in [5, 5.41) is 3.42. The Kier molecular flexibility index (Phi) is 5.03. The summed E-state index contributed by atoms with van der Waals surface area (Å²) in [4.78, 5) is 2.15. The van der Waals surface area contributed by atoms with Gasteiger partial charge in [-0.3, -0.25) is 0 Å². The second kappa shape index (κ2) is 6.57. The lowest BCUT2D eigenvalue weighted by Crippen LogP contribution is -2.34. The van der Waals surface area contributed by atoms with Gasteiger partial charge >= 0.3 is 0 Å². The first-order chi connectivity index (χ1) is 9.47. The van der Waals surface area contributed by atoms with Crippen LogP contribution in [0, 0.1) is 11.7 Å². The van der Waals surface area contributed by atoms with Crippen molar-refractivity contribution in [2.24, 2.45) is 5.92 Å². The highest BCUT2D eigenvalue weighted by molar-refractivity contribution is 5.50. The molecule has 0 aromatic heterocycles. The van der Waals surface area contributed by atoms with Crippen LogP contribution in [-0.4, -0.2) is 18.6 Å². The minimum Gasteiger partial charge on any atom is -0.366 e. The standard InChI is InChI=1S/C17H27FN2/c1-12(2)11-20(13(3)4)17-8-5-14(9-16(17)18)10-19-15-6-7-15/h5,8-9,12-13,15,19H,6-7,10-11H2,1-4H3. The van der Waals surface area contributed by atoms with Crippen LogP contribution in [0.5, 0.6) is 0 Å². The topological polar surface area (TPSA) is 15.3 Å². The Balaban J connectivity index is 2.09. The summed E-state index contributed by atoms with van der Waals surface area (Å²) >= 11 is 0. The Bertz CT molecular complexity index is 439. The second-order valence-corrected chi connectivity index (χ2v) is 6.58. The molecule has 0 aliphatic heterocycles. The highest BCUT2D eigenvalue weighted by atomic mass is 19.1. The quantitative estimate of drug-likeness (QED) is 0.812. The molecule has 0 bridgehead atoms. The Labute approximate surface area is 122 Å².